The van der Waals surface area contributed by atoms with E-state index >= 15 is 0 Å². The summed E-state index contributed by atoms with van der Waals surface area (Å²) in [4.78, 5) is 16.2. The average Bonchev–Trinajstić information content (AvgIpc) is 2.86. The van der Waals surface area contributed by atoms with E-state index in [-0.39, 0.29) is 16.7 Å². The first-order valence-electron chi connectivity index (χ1n) is 5.22. The number of hydrogen-bond acceptors (Lipinski definition) is 5. The number of aromatic nitrogens is 2. The van der Waals surface area contributed by atoms with E-state index < -0.39 is 4.92 Å². The maximum absolute atomic E-state index is 10.6. The number of hydrazine groups is 1. The molecular weight excluding hydrogens is 268 g/mol. The summed E-state index contributed by atoms with van der Waals surface area (Å²) in [5.41, 5.74) is 5.97. The maximum Gasteiger partial charge on any atom is 0.366 e. The summed E-state index contributed by atoms with van der Waals surface area (Å²) in [7, 11) is 0. The molecule has 0 radical (unpaired) electrons. The van der Waals surface area contributed by atoms with Gasteiger partial charge >= 0.3 is 5.82 Å². The Morgan fingerprint density at radius 1 is 1.37 bits per heavy atom. The van der Waals surface area contributed by atoms with E-state index in [1.165, 1.54) is 6.33 Å². The second-order valence-electron chi connectivity index (χ2n) is 3.43. The predicted molar refractivity (Wildman–Crippen MR) is 74.7 cm³/mol. The largest absolute Gasteiger partial charge is 0.366 e. The van der Waals surface area contributed by atoms with Crippen molar-refractivity contribution in [2.24, 2.45) is 0 Å². The molecule has 0 aliphatic heterocycles. The van der Waals surface area contributed by atoms with Crippen molar-refractivity contribution in [2.45, 2.75) is 0 Å². The van der Waals surface area contributed by atoms with E-state index in [1.807, 2.05) is 30.3 Å². The predicted octanol–water partition coefficient (Wildman–Crippen LogP) is 1.63. The summed E-state index contributed by atoms with van der Waals surface area (Å²) in [5, 5.41) is 13.8. The van der Waals surface area contributed by atoms with E-state index in [0.717, 1.165) is 5.69 Å². The number of anilines is 2. The maximum atomic E-state index is 10.6. The Balaban J connectivity index is 1.90. The van der Waals surface area contributed by atoms with E-state index in [1.54, 1.807) is 0 Å². The minimum Gasteiger partial charge on any atom is -0.358 e. The van der Waals surface area contributed by atoms with Gasteiger partial charge in [-0.15, -0.1) is 0 Å². The van der Waals surface area contributed by atoms with Crippen molar-refractivity contribution < 1.29 is 4.92 Å². The van der Waals surface area contributed by atoms with E-state index in [0.29, 0.717) is 0 Å². The van der Waals surface area contributed by atoms with Crippen LogP contribution in [0.1, 0.15) is 0 Å². The molecule has 2 rings (SSSR count). The first kappa shape index (κ1) is 12.8. The molecule has 0 aliphatic rings. The van der Waals surface area contributed by atoms with Gasteiger partial charge in [-0.2, -0.15) is 4.98 Å². The molecule has 2 aromatic rings. The molecule has 98 valence electrons. The summed E-state index contributed by atoms with van der Waals surface area (Å²) in [6, 6.07) is 9.27. The number of H-pyrrole nitrogens is 1. The molecule has 0 amide bonds. The number of nitrogens with one attached hydrogen (secondary N) is 4. The highest BCUT2D eigenvalue weighted by Crippen LogP contribution is 2.16. The third-order valence-electron chi connectivity index (χ3n) is 2.13. The van der Waals surface area contributed by atoms with E-state index in [2.05, 4.69) is 26.1 Å². The molecule has 1 aromatic heterocycles. The number of thiocarbonyl (C=S) groups is 1. The van der Waals surface area contributed by atoms with Gasteiger partial charge in [-0.1, -0.05) is 18.2 Å². The fourth-order valence-electron chi connectivity index (χ4n) is 1.32. The van der Waals surface area contributed by atoms with Crippen LogP contribution in [0.4, 0.5) is 17.3 Å². The zero-order chi connectivity index (χ0) is 13.7. The van der Waals surface area contributed by atoms with Crippen LogP contribution in [-0.4, -0.2) is 20.0 Å². The smallest absolute Gasteiger partial charge is 0.358 e. The van der Waals surface area contributed by atoms with Crippen molar-refractivity contribution >= 4 is 34.7 Å². The number of imidazole rings is 1. The topological polar surface area (TPSA) is 108 Å². The lowest BCUT2D eigenvalue weighted by atomic mass is 10.3. The molecule has 9 heteroatoms. The van der Waals surface area contributed by atoms with Gasteiger partial charge in [0.2, 0.25) is 5.82 Å². The van der Waals surface area contributed by atoms with E-state index in [9.17, 15) is 10.1 Å². The molecule has 0 spiro atoms. The molecule has 0 aliphatic carbocycles. The van der Waals surface area contributed by atoms with Crippen molar-refractivity contribution in [1.82, 2.24) is 15.4 Å². The molecule has 1 aromatic carbocycles. The molecule has 0 saturated carbocycles. The number of aromatic amines is 1. The first-order valence-corrected chi connectivity index (χ1v) is 5.63. The normalized spacial score (nSPS) is 9.68. The van der Waals surface area contributed by atoms with Crippen molar-refractivity contribution in [3.8, 4) is 0 Å². The molecular formula is C10H10N6O2S. The van der Waals surface area contributed by atoms with Crippen molar-refractivity contribution in [1.29, 1.82) is 0 Å². The number of hydrogen-bond donors (Lipinski definition) is 4. The van der Waals surface area contributed by atoms with Crippen LogP contribution in [0, 0.1) is 10.1 Å². The van der Waals surface area contributed by atoms with Crippen LogP contribution < -0.4 is 16.2 Å². The SMILES string of the molecule is O=[N+]([O-])c1[nH]cnc1NNC(=S)Nc1ccccc1. The van der Waals surface area contributed by atoms with Crippen molar-refractivity contribution in [3.05, 3.63) is 46.8 Å². The van der Waals surface area contributed by atoms with Crippen molar-refractivity contribution in [2.75, 3.05) is 10.7 Å². The third-order valence-corrected chi connectivity index (χ3v) is 2.33. The van der Waals surface area contributed by atoms with Crippen LogP contribution in [-0.2, 0) is 0 Å². The number of nitro groups is 1. The summed E-state index contributed by atoms with van der Waals surface area (Å²) in [5.74, 6) is -0.183. The average molecular weight is 278 g/mol. The fraction of sp³-hybridized carbons (Fsp3) is 0. The van der Waals surface area contributed by atoms with Crippen LogP contribution in [0.15, 0.2) is 36.7 Å². The van der Waals surface area contributed by atoms with Crippen LogP contribution >= 0.6 is 12.2 Å². The molecule has 0 saturated heterocycles. The monoisotopic (exact) mass is 278 g/mol. The lowest BCUT2D eigenvalue weighted by Crippen LogP contribution is -2.33. The molecule has 19 heavy (non-hydrogen) atoms. The lowest BCUT2D eigenvalue weighted by Gasteiger charge is -2.10. The van der Waals surface area contributed by atoms with Gasteiger partial charge < -0.3 is 15.4 Å². The van der Waals surface area contributed by atoms with Gasteiger partial charge in [0.25, 0.3) is 0 Å². The van der Waals surface area contributed by atoms with Crippen LogP contribution in [0.25, 0.3) is 0 Å². The molecule has 8 nitrogen and oxygen atoms in total. The zero-order valence-corrected chi connectivity index (χ0v) is 10.4. The molecule has 0 unspecified atom stereocenters. The van der Waals surface area contributed by atoms with Crippen LogP contribution in [0.3, 0.4) is 0 Å². The zero-order valence-electron chi connectivity index (χ0n) is 9.58. The van der Waals surface area contributed by atoms with Gasteiger partial charge in [-0.25, -0.2) is 4.98 Å². The molecule has 0 atom stereocenters. The Morgan fingerprint density at radius 2 is 2.11 bits per heavy atom. The highest BCUT2D eigenvalue weighted by atomic mass is 32.1. The van der Waals surface area contributed by atoms with Gasteiger partial charge in [0.15, 0.2) is 11.4 Å². The lowest BCUT2D eigenvalue weighted by molar-refractivity contribution is -0.388. The summed E-state index contributed by atoms with van der Waals surface area (Å²) in [6.45, 7) is 0. The fourth-order valence-corrected chi connectivity index (χ4v) is 1.49. The first-order chi connectivity index (χ1) is 9.16. The third kappa shape index (κ3) is 3.39. The summed E-state index contributed by atoms with van der Waals surface area (Å²) < 4.78 is 0. The number of nitrogens with zero attached hydrogens (tertiary/aromatic N) is 2. The van der Waals surface area contributed by atoms with E-state index in [4.69, 9.17) is 12.2 Å². The number of rotatable bonds is 4. The van der Waals surface area contributed by atoms with Gasteiger partial charge in [-0.3, -0.25) is 10.9 Å². The highest BCUT2D eigenvalue weighted by Gasteiger charge is 2.14. The summed E-state index contributed by atoms with van der Waals surface area (Å²) >= 11 is 5.03. The molecule has 4 N–H and O–H groups in total. The minimum atomic E-state index is -0.579. The Morgan fingerprint density at radius 3 is 2.79 bits per heavy atom. The van der Waals surface area contributed by atoms with Crippen molar-refractivity contribution in [3.63, 3.8) is 0 Å². The number of benzene rings is 1. The summed E-state index contributed by atoms with van der Waals surface area (Å²) in [6.07, 6.45) is 1.22. The molecule has 0 bridgehead atoms. The quantitative estimate of drug-likeness (QED) is 0.382. The van der Waals surface area contributed by atoms with Gasteiger partial charge in [0.1, 0.15) is 0 Å². The van der Waals surface area contributed by atoms with Crippen LogP contribution in [0.2, 0.25) is 0 Å². The van der Waals surface area contributed by atoms with Gasteiger partial charge in [0.05, 0.1) is 0 Å². The molecule has 1 heterocycles. The Bertz CT molecular complexity index is 585. The van der Waals surface area contributed by atoms with Gasteiger partial charge in [0, 0.05) is 5.69 Å². The standard InChI is InChI=1S/C10H10N6O2S/c17-16(18)9-8(11-6-12-9)14-15-10(19)13-7-4-2-1-3-5-7/h1-6,14H,(H,11,12)(H2,13,15,19). The minimum absolute atomic E-state index is 0.0576. The van der Waals surface area contributed by atoms with Gasteiger partial charge in [-0.05, 0) is 29.3 Å². The Hall–Kier alpha value is -2.68. The molecule has 0 fully saturated rings. The Kier molecular flexibility index (Phi) is 3.88. The van der Waals surface area contributed by atoms with Crippen LogP contribution in [0.5, 0.6) is 0 Å². The second-order valence-corrected chi connectivity index (χ2v) is 3.84. The Labute approximate surface area is 113 Å². The second kappa shape index (κ2) is 5.78. The highest BCUT2D eigenvalue weighted by molar-refractivity contribution is 7.80. The number of para-hydroxylation sites is 1.